The van der Waals surface area contributed by atoms with Gasteiger partial charge in [-0.3, -0.25) is 0 Å². The summed E-state index contributed by atoms with van der Waals surface area (Å²) in [7, 11) is 0. The Morgan fingerprint density at radius 1 is 0.840 bits per heavy atom. The first-order valence-electron chi connectivity index (χ1n) is 9.12. The van der Waals surface area contributed by atoms with Crippen LogP contribution in [0.3, 0.4) is 0 Å². The summed E-state index contributed by atoms with van der Waals surface area (Å²) >= 11 is 0. The van der Waals surface area contributed by atoms with Crippen LogP contribution in [0.2, 0.25) is 0 Å². The molecule has 0 spiro atoms. The van der Waals surface area contributed by atoms with Gasteiger partial charge in [-0.15, -0.1) is 0 Å². The van der Waals surface area contributed by atoms with Gasteiger partial charge in [0.1, 0.15) is 11.5 Å². The predicted molar refractivity (Wildman–Crippen MR) is 107 cm³/mol. The van der Waals surface area contributed by atoms with Crippen molar-refractivity contribution in [2.24, 2.45) is 0 Å². The lowest BCUT2D eigenvalue weighted by molar-refractivity contribution is 0.473. The molecule has 0 heterocycles. The Morgan fingerprint density at radius 2 is 1.48 bits per heavy atom. The summed E-state index contributed by atoms with van der Waals surface area (Å²) in [4.78, 5) is 0. The van der Waals surface area contributed by atoms with E-state index in [-0.39, 0.29) is 0 Å². The van der Waals surface area contributed by atoms with Crippen molar-refractivity contribution in [2.75, 3.05) is 0 Å². The number of phenolic OH excluding ortho intramolecular Hbond substituents is 2. The van der Waals surface area contributed by atoms with Gasteiger partial charge in [0.2, 0.25) is 0 Å². The highest BCUT2D eigenvalue weighted by Gasteiger charge is 2.00. The van der Waals surface area contributed by atoms with Crippen molar-refractivity contribution < 1.29 is 10.2 Å². The van der Waals surface area contributed by atoms with Crippen LogP contribution in [0.5, 0.6) is 11.5 Å². The van der Waals surface area contributed by atoms with Crippen LogP contribution in [-0.2, 0) is 0 Å². The van der Waals surface area contributed by atoms with Crippen LogP contribution in [0.25, 0.3) is 12.2 Å². The standard InChI is InChI=1S/C23H28O2/c1-2-19(18-21-15-9-11-17-23(21)25)12-6-4-3-5-7-13-20-14-8-10-16-22(20)24/h7-11,13-18,24-25H,2-6,12H2,1H3. The molecule has 0 aliphatic carbocycles. The van der Waals surface area contributed by atoms with E-state index in [0.29, 0.717) is 11.5 Å². The van der Waals surface area contributed by atoms with Crippen LogP contribution in [-0.4, -0.2) is 10.2 Å². The van der Waals surface area contributed by atoms with Crippen molar-refractivity contribution >= 4 is 12.2 Å². The van der Waals surface area contributed by atoms with Gasteiger partial charge in [-0.05, 0) is 44.2 Å². The fourth-order valence-corrected chi connectivity index (χ4v) is 2.81. The fraction of sp³-hybridized carbons (Fsp3) is 0.304. The number of aromatic hydroxyl groups is 2. The molecule has 0 radical (unpaired) electrons. The summed E-state index contributed by atoms with van der Waals surface area (Å²) in [6.45, 7) is 2.17. The number of benzene rings is 2. The van der Waals surface area contributed by atoms with Gasteiger partial charge in [0.15, 0.2) is 0 Å². The molecule has 0 amide bonds. The maximum atomic E-state index is 9.87. The molecular formula is C23H28O2. The van der Waals surface area contributed by atoms with E-state index >= 15 is 0 Å². The SMILES string of the molecule is CCC(=Cc1ccccc1O)CCCCCC=Cc1ccccc1O. The molecule has 2 aromatic rings. The van der Waals surface area contributed by atoms with Gasteiger partial charge < -0.3 is 10.2 Å². The topological polar surface area (TPSA) is 40.5 Å². The first-order chi connectivity index (χ1) is 12.2. The van der Waals surface area contributed by atoms with Crippen molar-refractivity contribution in [3.63, 3.8) is 0 Å². The third-order valence-electron chi connectivity index (χ3n) is 4.35. The lowest BCUT2D eigenvalue weighted by Gasteiger charge is -2.06. The molecule has 2 nitrogen and oxygen atoms in total. The number of rotatable bonds is 9. The molecule has 0 saturated heterocycles. The fourth-order valence-electron chi connectivity index (χ4n) is 2.81. The van der Waals surface area contributed by atoms with E-state index in [0.717, 1.165) is 43.2 Å². The van der Waals surface area contributed by atoms with Crippen LogP contribution in [0.1, 0.15) is 56.6 Å². The van der Waals surface area contributed by atoms with Crippen LogP contribution in [0, 0.1) is 0 Å². The molecule has 0 aromatic heterocycles. The first kappa shape index (κ1) is 18.9. The van der Waals surface area contributed by atoms with Gasteiger partial charge in [0, 0.05) is 11.1 Å². The summed E-state index contributed by atoms with van der Waals surface area (Å²) in [6, 6.07) is 14.9. The third kappa shape index (κ3) is 6.50. The average molecular weight is 336 g/mol. The molecule has 0 atom stereocenters. The third-order valence-corrected chi connectivity index (χ3v) is 4.35. The Hall–Kier alpha value is -2.48. The molecule has 2 heteroatoms. The second-order valence-corrected chi connectivity index (χ2v) is 6.28. The zero-order valence-corrected chi connectivity index (χ0v) is 15.0. The summed E-state index contributed by atoms with van der Waals surface area (Å²) in [5, 5.41) is 19.6. The van der Waals surface area contributed by atoms with E-state index in [1.54, 1.807) is 12.1 Å². The number of hydrogen-bond acceptors (Lipinski definition) is 2. The van der Waals surface area contributed by atoms with E-state index in [1.165, 1.54) is 12.0 Å². The Labute approximate surface area is 151 Å². The predicted octanol–water partition coefficient (Wildman–Crippen LogP) is 6.56. The molecule has 2 N–H and O–H groups in total. The number of phenols is 2. The Balaban J connectivity index is 1.71. The normalized spacial score (nSPS) is 12.0. The number of para-hydroxylation sites is 2. The van der Waals surface area contributed by atoms with Gasteiger partial charge in [-0.25, -0.2) is 0 Å². The number of allylic oxidation sites excluding steroid dienone is 2. The first-order valence-corrected chi connectivity index (χ1v) is 9.12. The molecular weight excluding hydrogens is 308 g/mol. The van der Waals surface area contributed by atoms with E-state index in [1.807, 2.05) is 42.5 Å². The van der Waals surface area contributed by atoms with Crippen molar-refractivity contribution in [3.05, 3.63) is 71.3 Å². The molecule has 2 aromatic carbocycles. The van der Waals surface area contributed by atoms with Crippen molar-refractivity contribution in [3.8, 4) is 11.5 Å². The van der Waals surface area contributed by atoms with E-state index < -0.39 is 0 Å². The summed E-state index contributed by atoms with van der Waals surface area (Å²) < 4.78 is 0. The van der Waals surface area contributed by atoms with Crippen molar-refractivity contribution in [1.82, 2.24) is 0 Å². The molecule has 0 aliphatic rings. The van der Waals surface area contributed by atoms with Gasteiger partial charge in [-0.2, -0.15) is 0 Å². The Kier molecular flexibility index (Phi) is 7.84. The molecule has 0 saturated carbocycles. The van der Waals surface area contributed by atoms with Crippen LogP contribution in [0.15, 0.2) is 60.2 Å². The quantitative estimate of drug-likeness (QED) is 0.509. The lowest BCUT2D eigenvalue weighted by Crippen LogP contribution is -1.85. The second kappa shape index (κ2) is 10.4. The Morgan fingerprint density at radius 3 is 2.12 bits per heavy atom. The largest absolute Gasteiger partial charge is 0.507 e. The monoisotopic (exact) mass is 336 g/mol. The van der Waals surface area contributed by atoms with Gasteiger partial charge in [0.25, 0.3) is 0 Å². The highest BCUT2D eigenvalue weighted by atomic mass is 16.3. The van der Waals surface area contributed by atoms with Crippen molar-refractivity contribution in [2.45, 2.75) is 45.4 Å². The minimum Gasteiger partial charge on any atom is -0.507 e. The molecule has 0 bridgehead atoms. The zero-order chi connectivity index (χ0) is 17.9. The molecule has 0 aliphatic heterocycles. The zero-order valence-electron chi connectivity index (χ0n) is 15.0. The van der Waals surface area contributed by atoms with Gasteiger partial charge in [0.05, 0.1) is 0 Å². The van der Waals surface area contributed by atoms with E-state index in [9.17, 15) is 10.2 Å². The van der Waals surface area contributed by atoms with E-state index in [2.05, 4.69) is 19.1 Å². The maximum absolute atomic E-state index is 9.87. The molecule has 2 rings (SSSR count). The molecule has 132 valence electrons. The number of hydrogen-bond donors (Lipinski definition) is 2. The van der Waals surface area contributed by atoms with E-state index in [4.69, 9.17) is 0 Å². The molecule has 0 unspecified atom stereocenters. The molecule has 0 fully saturated rings. The molecule has 25 heavy (non-hydrogen) atoms. The summed E-state index contributed by atoms with van der Waals surface area (Å²) in [5.41, 5.74) is 3.16. The maximum Gasteiger partial charge on any atom is 0.122 e. The van der Waals surface area contributed by atoms with Crippen LogP contribution >= 0.6 is 0 Å². The highest BCUT2D eigenvalue weighted by Crippen LogP contribution is 2.23. The van der Waals surface area contributed by atoms with Crippen LogP contribution < -0.4 is 0 Å². The Bertz CT molecular complexity index is 714. The van der Waals surface area contributed by atoms with Crippen LogP contribution in [0.4, 0.5) is 0 Å². The summed E-state index contributed by atoms with van der Waals surface area (Å²) in [5.74, 6) is 0.684. The second-order valence-electron chi connectivity index (χ2n) is 6.28. The minimum atomic E-state index is 0.334. The lowest BCUT2D eigenvalue weighted by atomic mass is 10.0. The van der Waals surface area contributed by atoms with Gasteiger partial charge >= 0.3 is 0 Å². The number of unbranched alkanes of at least 4 members (excludes halogenated alkanes) is 3. The minimum absolute atomic E-state index is 0.334. The van der Waals surface area contributed by atoms with Crippen molar-refractivity contribution in [1.29, 1.82) is 0 Å². The van der Waals surface area contributed by atoms with Gasteiger partial charge in [-0.1, -0.05) is 73.5 Å². The smallest absolute Gasteiger partial charge is 0.122 e. The average Bonchev–Trinajstić information content (AvgIpc) is 2.63. The summed E-state index contributed by atoms with van der Waals surface area (Å²) in [6.07, 6.45) is 12.9. The highest BCUT2D eigenvalue weighted by molar-refractivity contribution is 5.59.